The zero-order chi connectivity index (χ0) is 18.0. The van der Waals surface area contributed by atoms with E-state index in [0.29, 0.717) is 12.1 Å². The van der Waals surface area contributed by atoms with Gasteiger partial charge in [-0.2, -0.15) is 0 Å². The van der Waals surface area contributed by atoms with Crippen molar-refractivity contribution in [3.05, 3.63) is 34.7 Å². The molecule has 1 heterocycles. The Morgan fingerprint density at radius 2 is 1.88 bits per heavy atom. The number of para-hydroxylation sites is 2. The Hall–Kier alpha value is -2.57. The topological polar surface area (TPSA) is 82.3 Å². The minimum absolute atomic E-state index is 0.211. The maximum atomic E-state index is 12.6. The molecule has 1 saturated carbocycles. The van der Waals surface area contributed by atoms with E-state index in [1.165, 1.54) is 4.57 Å². The van der Waals surface area contributed by atoms with Gasteiger partial charge in [0.25, 0.3) is 5.91 Å². The highest BCUT2D eigenvalue weighted by atomic mass is 16.5. The fourth-order valence-electron chi connectivity index (χ4n) is 2.83. The van der Waals surface area contributed by atoms with E-state index in [1.807, 2.05) is 25.1 Å². The summed E-state index contributed by atoms with van der Waals surface area (Å²) in [5.41, 5.74) is 1.24. The number of aryl methyl sites for hydroxylation is 1. The first kappa shape index (κ1) is 17.3. The molecular weight excluding hydrogens is 322 g/mol. The van der Waals surface area contributed by atoms with Gasteiger partial charge in [-0.1, -0.05) is 19.1 Å². The standard InChI is InChI=1S/C18H23N3O4/c1-3-10-20-14-6-4-5-7-15(14)21(18(20)24)11-16(22)25-12(2)17(23)19-13-8-9-13/h4-7,12-13H,3,8-11H2,1-2H3,(H,19,23). The number of carbonyl (C=O) groups is 2. The van der Waals surface area contributed by atoms with Gasteiger partial charge in [0.15, 0.2) is 6.10 Å². The summed E-state index contributed by atoms with van der Waals surface area (Å²) in [6.45, 7) is 3.91. The second kappa shape index (κ2) is 7.13. The highest BCUT2D eigenvalue weighted by Crippen LogP contribution is 2.19. The average molecular weight is 345 g/mol. The smallest absolute Gasteiger partial charge is 0.329 e. The number of hydrogen-bond donors (Lipinski definition) is 1. The number of aromatic nitrogens is 2. The Balaban J connectivity index is 1.75. The number of esters is 1. The lowest BCUT2D eigenvalue weighted by molar-refractivity contribution is -0.155. The van der Waals surface area contributed by atoms with Gasteiger partial charge < -0.3 is 10.1 Å². The molecule has 1 atom stereocenters. The highest BCUT2D eigenvalue weighted by Gasteiger charge is 2.27. The van der Waals surface area contributed by atoms with Crippen molar-refractivity contribution in [3.63, 3.8) is 0 Å². The van der Waals surface area contributed by atoms with Gasteiger partial charge in [-0.15, -0.1) is 0 Å². The second-order valence-electron chi connectivity index (χ2n) is 6.42. The molecule has 1 fully saturated rings. The van der Waals surface area contributed by atoms with Gasteiger partial charge in [-0.05, 0) is 38.3 Å². The second-order valence-corrected chi connectivity index (χ2v) is 6.42. The van der Waals surface area contributed by atoms with Crippen LogP contribution in [0.3, 0.4) is 0 Å². The molecule has 1 aliphatic rings. The zero-order valence-corrected chi connectivity index (χ0v) is 14.5. The van der Waals surface area contributed by atoms with Gasteiger partial charge in [0.05, 0.1) is 11.0 Å². The molecule has 0 aliphatic heterocycles. The zero-order valence-electron chi connectivity index (χ0n) is 14.5. The molecule has 1 amide bonds. The van der Waals surface area contributed by atoms with Crippen molar-refractivity contribution < 1.29 is 14.3 Å². The van der Waals surface area contributed by atoms with Crippen LogP contribution in [0.1, 0.15) is 33.1 Å². The summed E-state index contributed by atoms with van der Waals surface area (Å²) in [5, 5.41) is 2.80. The van der Waals surface area contributed by atoms with Crippen LogP contribution in [0.5, 0.6) is 0 Å². The number of carbonyl (C=O) groups excluding carboxylic acids is 2. The molecule has 1 aliphatic carbocycles. The molecule has 0 radical (unpaired) electrons. The molecule has 0 bridgehead atoms. The molecule has 1 unspecified atom stereocenters. The van der Waals surface area contributed by atoms with Crippen LogP contribution in [0.4, 0.5) is 0 Å². The predicted molar refractivity (Wildman–Crippen MR) is 93.2 cm³/mol. The van der Waals surface area contributed by atoms with E-state index >= 15 is 0 Å². The summed E-state index contributed by atoms with van der Waals surface area (Å²) >= 11 is 0. The first-order valence-electron chi connectivity index (χ1n) is 8.69. The quantitative estimate of drug-likeness (QED) is 0.770. The van der Waals surface area contributed by atoms with Gasteiger partial charge in [0.2, 0.25) is 0 Å². The van der Waals surface area contributed by atoms with Crippen LogP contribution >= 0.6 is 0 Å². The molecule has 25 heavy (non-hydrogen) atoms. The number of benzene rings is 1. The lowest BCUT2D eigenvalue weighted by Gasteiger charge is -2.13. The van der Waals surface area contributed by atoms with Crippen LogP contribution in [-0.4, -0.2) is 33.2 Å². The first-order chi connectivity index (χ1) is 12.0. The van der Waals surface area contributed by atoms with Crippen molar-refractivity contribution in [1.29, 1.82) is 0 Å². The van der Waals surface area contributed by atoms with E-state index in [2.05, 4.69) is 5.32 Å². The van der Waals surface area contributed by atoms with E-state index in [-0.39, 0.29) is 24.2 Å². The van der Waals surface area contributed by atoms with E-state index in [0.717, 1.165) is 24.8 Å². The van der Waals surface area contributed by atoms with Gasteiger partial charge in [-0.3, -0.25) is 18.7 Å². The van der Waals surface area contributed by atoms with E-state index in [9.17, 15) is 14.4 Å². The maximum absolute atomic E-state index is 12.6. The van der Waals surface area contributed by atoms with Crippen molar-refractivity contribution in [1.82, 2.24) is 14.5 Å². The summed E-state index contributed by atoms with van der Waals surface area (Å²) in [5.74, 6) is -0.892. The Morgan fingerprint density at radius 3 is 2.48 bits per heavy atom. The molecular formula is C18H23N3O4. The first-order valence-corrected chi connectivity index (χ1v) is 8.69. The van der Waals surface area contributed by atoms with Crippen LogP contribution in [0.15, 0.2) is 29.1 Å². The molecule has 134 valence electrons. The fourth-order valence-corrected chi connectivity index (χ4v) is 2.83. The molecule has 7 heteroatoms. The molecule has 3 rings (SSSR count). The van der Waals surface area contributed by atoms with Crippen LogP contribution < -0.4 is 11.0 Å². The van der Waals surface area contributed by atoms with Crippen LogP contribution in [0, 0.1) is 0 Å². The molecule has 2 aromatic rings. The number of nitrogens with one attached hydrogen (secondary N) is 1. The van der Waals surface area contributed by atoms with E-state index < -0.39 is 12.1 Å². The van der Waals surface area contributed by atoms with Gasteiger partial charge >= 0.3 is 11.7 Å². The number of amides is 1. The number of imidazole rings is 1. The van der Waals surface area contributed by atoms with Gasteiger partial charge in [0.1, 0.15) is 6.54 Å². The third-order valence-corrected chi connectivity index (χ3v) is 4.26. The Bertz CT molecular complexity index is 848. The number of nitrogens with zero attached hydrogens (tertiary/aromatic N) is 2. The van der Waals surface area contributed by atoms with Crippen molar-refractivity contribution in [3.8, 4) is 0 Å². The molecule has 1 aromatic heterocycles. The van der Waals surface area contributed by atoms with Gasteiger partial charge in [0, 0.05) is 12.6 Å². The Kier molecular flexibility index (Phi) is 4.92. The lowest BCUT2D eigenvalue weighted by Crippen LogP contribution is -2.38. The van der Waals surface area contributed by atoms with Crippen LogP contribution in [-0.2, 0) is 27.4 Å². The summed E-state index contributed by atoms with van der Waals surface area (Å²) in [6, 6.07) is 7.56. The van der Waals surface area contributed by atoms with E-state index in [4.69, 9.17) is 4.74 Å². The van der Waals surface area contributed by atoms with Crippen LogP contribution in [0.2, 0.25) is 0 Å². The molecule has 0 spiro atoms. The van der Waals surface area contributed by atoms with Crippen molar-refractivity contribution >= 4 is 22.9 Å². The lowest BCUT2D eigenvalue weighted by atomic mass is 10.3. The average Bonchev–Trinajstić information content (AvgIpc) is 3.37. The van der Waals surface area contributed by atoms with Gasteiger partial charge in [-0.25, -0.2) is 4.79 Å². The molecule has 7 nitrogen and oxygen atoms in total. The third kappa shape index (κ3) is 3.75. The normalized spacial score (nSPS) is 15.1. The molecule has 0 saturated heterocycles. The van der Waals surface area contributed by atoms with Crippen molar-refractivity contribution in [2.24, 2.45) is 0 Å². The third-order valence-electron chi connectivity index (χ3n) is 4.26. The van der Waals surface area contributed by atoms with E-state index in [1.54, 1.807) is 17.6 Å². The minimum Gasteiger partial charge on any atom is -0.451 e. The van der Waals surface area contributed by atoms with Crippen molar-refractivity contribution in [2.45, 2.75) is 58.3 Å². The fraction of sp³-hybridized carbons (Fsp3) is 0.500. The SMILES string of the molecule is CCCn1c(=O)n(CC(=O)OC(C)C(=O)NC2CC2)c2ccccc21. The Labute approximate surface area is 145 Å². The largest absolute Gasteiger partial charge is 0.451 e. The molecule has 1 N–H and O–H groups in total. The number of fused-ring (bicyclic) bond motifs is 1. The summed E-state index contributed by atoms with van der Waals surface area (Å²) in [4.78, 5) is 36.7. The molecule has 1 aromatic carbocycles. The number of ether oxygens (including phenoxy) is 1. The number of hydrogen-bond acceptors (Lipinski definition) is 4. The Morgan fingerprint density at radius 1 is 1.24 bits per heavy atom. The monoisotopic (exact) mass is 345 g/mol. The summed E-state index contributed by atoms with van der Waals surface area (Å²) < 4.78 is 8.26. The highest BCUT2D eigenvalue weighted by molar-refractivity contribution is 5.84. The predicted octanol–water partition coefficient (Wildman–Crippen LogP) is 1.42. The van der Waals surface area contributed by atoms with Crippen molar-refractivity contribution in [2.75, 3.05) is 0 Å². The maximum Gasteiger partial charge on any atom is 0.329 e. The number of rotatable bonds is 7. The summed E-state index contributed by atoms with van der Waals surface area (Å²) in [7, 11) is 0. The minimum atomic E-state index is -0.868. The van der Waals surface area contributed by atoms with Crippen LogP contribution in [0.25, 0.3) is 11.0 Å². The summed E-state index contributed by atoms with van der Waals surface area (Å²) in [6.07, 6.45) is 1.89.